The molecule has 2 heterocycles. The first-order chi connectivity index (χ1) is 11.2. The summed E-state index contributed by atoms with van der Waals surface area (Å²) >= 11 is 0. The van der Waals surface area contributed by atoms with Crippen LogP contribution in [0.3, 0.4) is 0 Å². The van der Waals surface area contributed by atoms with Gasteiger partial charge in [-0.2, -0.15) is 5.10 Å². The van der Waals surface area contributed by atoms with Crippen molar-refractivity contribution >= 4 is 17.6 Å². The number of carbonyl (C=O) groups excluding carboxylic acids is 1. The van der Waals surface area contributed by atoms with Gasteiger partial charge in [0.1, 0.15) is 11.8 Å². The molecule has 0 radical (unpaired) electrons. The number of ether oxygens (including phenoxy) is 1. The molecule has 1 aliphatic rings. The van der Waals surface area contributed by atoms with Crippen LogP contribution in [0.1, 0.15) is 40.0 Å². The third kappa shape index (κ3) is 4.59. The van der Waals surface area contributed by atoms with E-state index >= 15 is 0 Å². The van der Waals surface area contributed by atoms with E-state index in [9.17, 15) is 14.9 Å². The fourth-order valence-corrected chi connectivity index (χ4v) is 2.84. The van der Waals surface area contributed by atoms with E-state index in [4.69, 9.17) is 4.74 Å². The molecule has 9 nitrogen and oxygen atoms in total. The zero-order valence-corrected chi connectivity index (χ0v) is 14.6. The monoisotopic (exact) mass is 339 g/mol. The number of carbonyl (C=O) groups is 1. The summed E-state index contributed by atoms with van der Waals surface area (Å²) in [5.41, 5.74) is -0.521. The number of nitrogens with zero attached hydrogens (tertiary/aromatic N) is 4. The predicted molar refractivity (Wildman–Crippen MR) is 89.1 cm³/mol. The van der Waals surface area contributed by atoms with Crippen molar-refractivity contribution in [1.29, 1.82) is 0 Å². The molecule has 0 aliphatic carbocycles. The summed E-state index contributed by atoms with van der Waals surface area (Å²) < 4.78 is 6.81. The predicted octanol–water partition coefficient (Wildman–Crippen LogP) is 2.21. The number of hydrogen-bond donors (Lipinski definition) is 1. The highest BCUT2D eigenvalue weighted by Gasteiger charge is 2.28. The topological polar surface area (TPSA) is 103 Å². The summed E-state index contributed by atoms with van der Waals surface area (Å²) in [5.74, 6) is 0.512. The highest BCUT2D eigenvalue weighted by atomic mass is 16.6. The van der Waals surface area contributed by atoms with Gasteiger partial charge in [-0.1, -0.05) is 0 Å². The maximum Gasteiger partial charge on any atom is 0.407 e. The van der Waals surface area contributed by atoms with E-state index in [2.05, 4.69) is 10.4 Å². The molecule has 134 valence electrons. The third-order valence-electron chi connectivity index (χ3n) is 3.83. The molecular weight excluding hydrogens is 314 g/mol. The molecule has 9 heteroatoms. The van der Waals surface area contributed by atoms with Gasteiger partial charge in [-0.05, 0) is 40.0 Å². The minimum atomic E-state index is -0.532. The number of anilines is 1. The van der Waals surface area contributed by atoms with Gasteiger partial charge in [0.15, 0.2) is 0 Å². The van der Waals surface area contributed by atoms with Gasteiger partial charge in [-0.3, -0.25) is 10.1 Å². The first-order valence-electron chi connectivity index (χ1n) is 8.08. The van der Waals surface area contributed by atoms with Gasteiger partial charge in [0.05, 0.1) is 4.92 Å². The zero-order valence-electron chi connectivity index (χ0n) is 14.6. The summed E-state index contributed by atoms with van der Waals surface area (Å²) in [6, 6.07) is -0.00265. The van der Waals surface area contributed by atoms with E-state index in [1.165, 1.54) is 10.9 Å². The molecule has 0 aromatic carbocycles. The Kier molecular flexibility index (Phi) is 5.30. The Morgan fingerprint density at radius 1 is 1.42 bits per heavy atom. The summed E-state index contributed by atoms with van der Waals surface area (Å²) in [6.07, 6.45) is 3.18. The largest absolute Gasteiger partial charge is 0.444 e. The number of aromatic nitrogens is 2. The lowest BCUT2D eigenvalue weighted by Gasteiger charge is -2.23. The maximum absolute atomic E-state index is 11.9. The summed E-state index contributed by atoms with van der Waals surface area (Å²) in [4.78, 5) is 24.6. The Morgan fingerprint density at radius 3 is 2.75 bits per heavy atom. The van der Waals surface area contributed by atoms with E-state index in [1.807, 2.05) is 25.7 Å². The average molecular weight is 339 g/mol. The molecule has 1 aromatic rings. The van der Waals surface area contributed by atoms with E-state index in [-0.39, 0.29) is 11.7 Å². The van der Waals surface area contributed by atoms with Gasteiger partial charge in [0, 0.05) is 26.2 Å². The van der Waals surface area contributed by atoms with Crippen LogP contribution in [0.25, 0.3) is 0 Å². The lowest BCUT2D eigenvalue weighted by molar-refractivity contribution is -0.384. The lowest BCUT2D eigenvalue weighted by Crippen LogP contribution is -2.39. The Bertz CT molecular complexity index is 607. The molecule has 1 aliphatic heterocycles. The molecule has 1 saturated heterocycles. The number of amides is 1. The number of aryl methyl sites for hydroxylation is 1. The van der Waals surface area contributed by atoms with E-state index in [0.29, 0.717) is 25.3 Å². The van der Waals surface area contributed by atoms with Crippen LogP contribution in [0.2, 0.25) is 0 Å². The zero-order chi connectivity index (χ0) is 17.9. The van der Waals surface area contributed by atoms with Crippen LogP contribution in [0.5, 0.6) is 0 Å². The van der Waals surface area contributed by atoms with Crippen molar-refractivity contribution in [2.45, 2.75) is 51.7 Å². The highest BCUT2D eigenvalue weighted by molar-refractivity contribution is 5.68. The lowest BCUT2D eigenvalue weighted by atomic mass is 10.1. The maximum atomic E-state index is 11.9. The van der Waals surface area contributed by atoms with E-state index in [1.54, 1.807) is 7.05 Å². The molecule has 0 bridgehead atoms. The SMILES string of the molecule is Cn1ncc([N+](=O)[O-])c1N1CCC[C@H](NC(=O)OC(C)(C)C)CC1. The Labute approximate surface area is 141 Å². The summed E-state index contributed by atoms with van der Waals surface area (Å²) in [5, 5.41) is 18.0. The van der Waals surface area contributed by atoms with Crippen molar-refractivity contribution in [2.24, 2.45) is 7.05 Å². The Hall–Kier alpha value is -2.32. The minimum absolute atomic E-state index is 0.00265. The molecule has 2 rings (SSSR count). The number of nitro groups is 1. The van der Waals surface area contributed by atoms with Gasteiger partial charge >= 0.3 is 11.8 Å². The fraction of sp³-hybridized carbons (Fsp3) is 0.733. The second-order valence-electron chi connectivity index (χ2n) is 7.00. The van der Waals surface area contributed by atoms with Crippen LogP contribution >= 0.6 is 0 Å². The standard InChI is InChI=1S/C15H25N5O4/c1-15(2,3)24-14(21)17-11-6-5-8-19(9-7-11)13-12(20(22)23)10-16-18(13)4/h10-11H,5-9H2,1-4H3,(H,17,21)/t11-/m0/s1. The first-order valence-corrected chi connectivity index (χ1v) is 8.08. The van der Waals surface area contributed by atoms with E-state index in [0.717, 1.165) is 12.8 Å². The quantitative estimate of drug-likeness (QED) is 0.669. The van der Waals surface area contributed by atoms with Gasteiger partial charge in [-0.25, -0.2) is 9.48 Å². The second-order valence-corrected chi connectivity index (χ2v) is 7.00. The molecule has 0 unspecified atom stereocenters. The molecule has 1 amide bonds. The molecular formula is C15H25N5O4. The van der Waals surface area contributed by atoms with Crippen molar-refractivity contribution in [1.82, 2.24) is 15.1 Å². The molecule has 1 fully saturated rings. The smallest absolute Gasteiger partial charge is 0.407 e. The van der Waals surface area contributed by atoms with Crippen LogP contribution in [-0.2, 0) is 11.8 Å². The molecule has 0 spiro atoms. The summed E-state index contributed by atoms with van der Waals surface area (Å²) in [6.45, 7) is 6.77. The molecule has 1 atom stereocenters. The summed E-state index contributed by atoms with van der Waals surface area (Å²) in [7, 11) is 1.70. The number of rotatable bonds is 3. The normalized spacial score (nSPS) is 18.8. The Balaban J connectivity index is 2.00. The number of hydrogen-bond acceptors (Lipinski definition) is 6. The number of alkyl carbamates (subject to hydrolysis) is 1. The second kappa shape index (κ2) is 7.06. The van der Waals surface area contributed by atoms with Crippen LogP contribution in [0.4, 0.5) is 16.3 Å². The van der Waals surface area contributed by atoms with Crippen molar-refractivity contribution in [3.8, 4) is 0 Å². The average Bonchev–Trinajstić information content (AvgIpc) is 2.68. The molecule has 1 N–H and O–H groups in total. The first kappa shape index (κ1) is 18.0. The van der Waals surface area contributed by atoms with Crippen LogP contribution in [0.15, 0.2) is 6.20 Å². The van der Waals surface area contributed by atoms with Gasteiger partial charge in [0.2, 0.25) is 5.82 Å². The van der Waals surface area contributed by atoms with Crippen LogP contribution < -0.4 is 10.2 Å². The Morgan fingerprint density at radius 2 is 2.12 bits per heavy atom. The number of nitrogens with one attached hydrogen (secondary N) is 1. The fourth-order valence-electron chi connectivity index (χ4n) is 2.84. The molecule has 0 saturated carbocycles. The van der Waals surface area contributed by atoms with Crippen molar-refractivity contribution in [2.75, 3.05) is 18.0 Å². The van der Waals surface area contributed by atoms with Crippen molar-refractivity contribution < 1.29 is 14.5 Å². The molecule has 24 heavy (non-hydrogen) atoms. The van der Waals surface area contributed by atoms with E-state index < -0.39 is 16.6 Å². The minimum Gasteiger partial charge on any atom is -0.444 e. The van der Waals surface area contributed by atoms with Crippen molar-refractivity contribution in [3.63, 3.8) is 0 Å². The highest BCUT2D eigenvalue weighted by Crippen LogP contribution is 2.29. The van der Waals surface area contributed by atoms with Crippen molar-refractivity contribution in [3.05, 3.63) is 16.3 Å². The van der Waals surface area contributed by atoms with Crippen LogP contribution in [-0.4, -0.2) is 45.5 Å². The third-order valence-corrected chi connectivity index (χ3v) is 3.83. The molecule has 1 aromatic heterocycles. The van der Waals surface area contributed by atoms with Crippen LogP contribution in [0, 0.1) is 10.1 Å². The van der Waals surface area contributed by atoms with Gasteiger partial charge in [0.25, 0.3) is 0 Å². The van der Waals surface area contributed by atoms with Gasteiger partial charge in [-0.15, -0.1) is 0 Å². The van der Waals surface area contributed by atoms with Gasteiger partial charge < -0.3 is 15.0 Å².